The van der Waals surface area contributed by atoms with Crippen molar-refractivity contribution < 1.29 is 13.2 Å². The van der Waals surface area contributed by atoms with Crippen LogP contribution >= 0.6 is 11.3 Å². The molecule has 0 fully saturated rings. The first-order chi connectivity index (χ1) is 12.4. The number of thiazole rings is 1. The molecule has 2 aromatic rings. The molecule has 0 spiro atoms. The maximum Gasteiger partial charge on any atom is 0.260 e. The van der Waals surface area contributed by atoms with Crippen molar-refractivity contribution in [1.82, 2.24) is 4.98 Å². The van der Waals surface area contributed by atoms with Gasteiger partial charge < -0.3 is 0 Å². The van der Waals surface area contributed by atoms with Crippen LogP contribution in [0.15, 0.2) is 36.9 Å². The Morgan fingerprint density at radius 3 is 2.81 bits per heavy atom. The Bertz CT molecular complexity index is 909. The Morgan fingerprint density at radius 2 is 2.12 bits per heavy atom. The number of aryl methyl sites for hydroxylation is 2. The average molecular weight is 391 g/mol. The van der Waals surface area contributed by atoms with Crippen molar-refractivity contribution in [1.29, 1.82) is 0 Å². The van der Waals surface area contributed by atoms with Gasteiger partial charge in [-0.1, -0.05) is 18.2 Å². The zero-order chi connectivity index (χ0) is 18.7. The molecule has 1 aromatic carbocycles. The van der Waals surface area contributed by atoms with Gasteiger partial charge in [-0.2, -0.15) is 0 Å². The van der Waals surface area contributed by atoms with E-state index in [0.717, 1.165) is 31.4 Å². The van der Waals surface area contributed by atoms with E-state index >= 15 is 0 Å². The minimum absolute atomic E-state index is 0.0822. The molecule has 3 rings (SSSR count). The summed E-state index contributed by atoms with van der Waals surface area (Å²) >= 11 is 1.57. The first-order valence-electron chi connectivity index (χ1n) is 8.55. The fourth-order valence-corrected chi connectivity index (χ4v) is 5.02. The van der Waals surface area contributed by atoms with E-state index in [-0.39, 0.29) is 11.7 Å². The second kappa shape index (κ2) is 7.72. The number of sulfone groups is 1. The summed E-state index contributed by atoms with van der Waals surface area (Å²) in [5.41, 5.74) is 2.17. The van der Waals surface area contributed by atoms with Crippen LogP contribution in [-0.2, 0) is 28.4 Å². The van der Waals surface area contributed by atoms with Crippen LogP contribution in [0.25, 0.3) is 0 Å². The number of amides is 1. The van der Waals surface area contributed by atoms with E-state index in [4.69, 9.17) is 0 Å². The van der Waals surface area contributed by atoms with Crippen LogP contribution in [0.3, 0.4) is 0 Å². The number of aromatic nitrogens is 1. The molecule has 0 saturated carbocycles. The highest BCUT2D eigenvalue weighted by Gasteiger charge is 2.23. The van der Waals surface area contributed by atoms with Crippen LogP contribution < -0.4 is 4.90 Å². The summed E-state index contributed by atoms with van der Waals surface area (Å²) in [4.78, 5) is 20.6. The number of rotatable bonds is 6. The second-order valence-electron chi connectivity index (χ2n) is 6.55. The van der Waals surface area contributed by atoms with Crippen LogP contribution in [-0.4, -0.2) is 32.1 Å². The van der Waals surface area contributed by atoms with Gasteiger partial charge in [-0.15, -0.1) is 17.9 Å². The number of carbonyl (C=O) groups excluding carboxylic acids is 1. The summed E-state index contributed by atoms with van der Waals surface area (Å²) in [6.45, 7) is 4.12. The molecule has 1 aromatic heterocycles. The van der Waals surface area contributed by atoms with Gasteiger partial charge in [-0.25, -0.2) is 13.4 Å². The molecule has 7 heteroatoms. The molecule has 138 valence electrons. The molecule has 0 aliphatic heterocycles. The lowest BCUT2D eigenvalue weighted by Crippen LogP contribution is -2.31. The van der Waals surface area contributed by atoms with Crippen LogP contribution in [0.1, 0.15) is 39.3 Å². The van der Waals surface area contributed by atoms with Gasteiger partial charge in [-0.05, 0) is 43.4 Å². The van der Waals surface area contributed by atoms with Gasteiger partial charge in [0.1, 0.15) is 0 Å². The van der Waals surface area contributed by atoms with E-state index < -0.39 is 9.84 Å². The van der Waals surface area contributed by atoms with Gasteiger partial charge in [-0.3, -0.25) is 9.69 Å². The maximum atomic E-state index is 13.1. The van der Waals surface area contributed by atoms with Crippen molar-refractivity contribution >= 4 is 32.2 Å². The predicted molar refractivity (Wildman–Crippen MR) is 106 cm³/mol. The third-order valence-electron chi connectivity index (χ3n) is 4.22. The first kappa shape index (κ1) is 18.8. The molecule has 26 heavy (non-hydrogen) atoms. The number of benzene rings is 1. The lowest BCUT2D eigenvalue weighted by Gasteiger charge is -2.18. The Labute approximate surface area is 158 Å². The number of carbonyl (C=O) groups is 1. The topological polar surface area (TPSA) is 67.3 Å². The van der Waals surface area contributed by atoms with E-state index in [9.17, 15) is 13.2 Å². The molecule has 5 nitrogen and oxygen atoms in total. The Balaban J connectivity index is 1.90. The molecule has 1 aliphatic rings. The van der Waals surface area contributed by atoms with Crippen molar-refractivity contribution in [2.75, 3.05) is 17.7 Å². The fraction of sp³-hybridized carbons (Fsp3) is 0.368. The Hall–Kier alpha value is -1.99. The van der Waals surface area contributed by atoms with Crippen LogP contribution in [0.5, 0.6) is 0 Å². The van der Waals surface area contributed by atoms with Crippen LogP contribution in [0.4, 0.5) is 5.13 Å². The summed E-state index contributed by atoms with van der Waals surface area (Å²) in [6.07, 6.45) is 7.15. The molecule has 0 saturated heterocycles. The number of nitrogens with zero attached hydrogens (tertiary/aromatic N) is 2. The first-order valence-corrected chi connectivity index (χ1v) is 11.4. The number of hydrogen-bond acceptors (Lipinski definition) is 5. The summed E-state index contributed by atoms with van der Waals surface area (Å²) in [5.74, 6) is -0.271. The zero-order valence-corrected chi connectivity index (χ0v) is 16.4. The highest BCUT2D eigenvalue weighted by atomic mass is 32.2. The van der Waals surface area contributed by atoms with Crippen LogP contribution in [0.2, 0.25) is 0 Å². The average Bonchev–Trinajstić information content (AvgIpc) is 3.01. The van der Waals surface area contributed by atoms with E-state index in [1.807, 2.05) is 0 Å². The molecule has 1 heterocycles. The maximum absolute atomic E-state index is 13.1. The van der Waals surface area contributed by atoms with Gasteiger partial charge in [0.05, 0.1) is 11.4 Å². The van der Waals surface area contributed by atoms with Crippen LogP contribution in [0, 0.1) is 0 Å². The molecule has 0 unspecified atom stereocenters. The standard InChI is InChI=1S/C19H22N2O3S2/c1-3-11-21(19-20-16-9-4-5-10-17(16)25-19)18(22)15-8-6-7-14(12-15)13-26(2,23)24/h3,6-8,12H,1,4-5,9-11,13H2,2H3. The number of anilines is 1. The Morgan fingerprint density at radius 1 is 1.35 bits per heavy atom. The van der Waals surface area contributed by atoms with E-state index in [1.165, 1.54) is 11.1 Å². The molecule has 1 amide bonds. The van der Waals surface area contributed by atoms with Crippen molar-refractivity contribution in [3.05, 3.63) is 58.6 Å². The minimum Gasteiger partial charge on any atom is -0.280 e. The third kappa shape index (κ3) is 4.40. The monoisotopic (exact) mass is 390 g/mol. The lowest BCUT2D eigenvalue weighted by molar-refractivity contribution is 0.0989. The zero-order valence-electron chi connectivity index (χ0n) is 14.8. The van der Waals surface area contributed by atoms with Gasteiger partial charge in [0.15, 0.2) is 15.0 Å². The highest BCUT2D eigenvalue weighted by molar-refractivity contribution is 7.89. The summed E-state index contributed by atoms with van der Waals surface area (Å²) in [7, 11) is -3.16. The van der Waals surface area contributed by atoms with Gasteiger partial charge in [0.25, 0.3) is 5.91 Å². The van der Waals surface area contributed by atoms with Crippen molar-refractivity contribution in [2.45, 2.75) is 31.4 Å². The summed E-state index contributed by atoms with van der Waals surface area (Å²) in [6, 6.07) is 6.79. The van der Waals surface area contributed by atoms with Crippen molar-refractivity contribution in [2.24, 2.45) is 0 Å². The molecule has 0 N–H and O–H groups in total. The smallest absolute Gasteiger partial charge is 0.260 e. The molecular formula is C19H22N2O3S2. The van der Waals surface area contributed by atoms with E-state index in [2.05, 4.69) is 11.6 Å². The lowest BCUT2D eigenvalue weighted by atomic mass is 10.0. The highest BCUT2D eigenvalue weighted by Crippen LogP contribution is 2.32. The number of hydrogen-bond donors (Lipinski definition) is 0. The third-order valence-corrected chi connectivity index (χ3v) is 6.26. The minimum atomic E-state index is -3.16. The van der Waals surface area contributed by atoms with E-state index in [0.29, 0.717) is 22.8 Å². The quantitative estimate of drug-likeness (QED) is 0.709. The molecule has 0 bridgehead atoms. The van der Waals surface area contributed by atoms with Gasteiger partial charge >= 0.3 is 0 Å². The van der Waals surface area contributed by atoms with E-state index in [1.54, 1.807) is 46.6 Å². The molecule has 0 atom stereocenters. The normalized spacial score (nSPS) is 13.9. The second-order valence-corrected chi connectivity index (χ2v) is 9.75. The Kier molecular flexibility index (Phi) is 5.58. The fourth-order valence-electron chi connectivity index (χ4n) is 3.08. The largest absolute Gasteiger partial charge is 0.280 e. The van der Waals surface area contributed by atoms with Gasteiger partial charge in [0.2, 0.25) is 0 Å². The van der Waals surface area contributed by atoms with Crippen molar-refractivity contribution in [3.63, 3.8) is 0 Å². The molecular weight excluding hydrogens is 368 g/mol. The van der Waals surface area contributed by atoms with Crippen molar-refractivity contribution in [3.8, 4) is 0 Å². The predicted octanol–water partition coefficient (Wildman–Crippen LogP) is 3.40. The number of fused-ring (bicyclic) bond motifs is 1. The SMILES string of the molecule is C=CCN(C(=O)c1cccc(CS(C)(=O)=O)c1)c1nc2c(s1)CCCC2. The molecule has 0 radical (unpaired) electrons. The van der Waals surface area contributed by atoms with Gasteiger partial charge in [0, 0.05) is 23.2 Å². The summed E-state index contributed by atoms with van der Waals surface area (Å²) < 4.78 is 23.1. The summed E-state index contributed by atoms with van der Waals surface area (Å²) in [5, 5.41) is 0.690. The molecule has 1 aliphatic carbocycles.